The van der Waals surface area contributed by atoms with Gasteiger partial charge in [0.15, 0.2) is 0 Å². The Morgan fingerprint density at radius 2 is 2.25 bits per heavy atom. The van der Waals surface area contributed by atoms with E-state index in [-0.39, 0.29) is 11.6 Å². The van der Waals surface area contributed by atoms with Gasteiger partial charge < -0.3 is 5.73 Å². The van der Waals surface area contributed by atoms with Crippen LogP contribution in [0.5, 0.6) is 0 Å². The Balaban J connectivity index is 2.14. The molecule has 0 aromatic heterocycles. The molecule has 0 saturated carbocycles. The predicted molar refractivity (Wildman–Crippen MR) is 80.0 cm³/mol. The standard InChI is InChI=1S/C12H17BrFN3O2S/c13-10-3-4-12(11(14)6-10)16-20(18,19)17-5-1-2-9(7-15)8-17/h3-4,6,9,16H,1-2,5,7-8,15H2. The average molecular weight is 366 g/mol. The van der Waals surface area contributed by atoms with Gasteiger partial charge in [-0.15, -0.1) is 0 Å². The average Bonchev–Trinajstić information content (AvgIpc) is 2.42. The number of nitrogens with two attached hydrogens (primary N) is 1. The Hall–Kier alpha value is -0.700. The molecule has 1 aliphatic rings. The molecule has 5 nitrogen and oxygen atoms in total. The number of halogens is 2. The van der Waals surface area contributed by atoms with Crippen LogP contribution in [-0.2, 0) is 10.2 Å². The van der Waals surface area contributed by atoms with Gasteiger partial charge in [-0.2, -0.15) is 12.7 Å². The van der Waals surface area contributed by atoms with Gasteiger partial charge in [-0.25, -0.2) is 4.39 Å². The van der Waals surface area contributed by atoms with Gasteiger partial charge in [0.1, 0.15) is 5.82 Å². The summed E-state index contributed by atoms with van der Waals surface area (Å²) < 4.78 is 42.4. The van der Waals surface area contributed by atoms with Gasteiger partial charge in [0, 0.05) is 17.6 Å². The van der Waals surface area contributed by atoms with Crippen LogP contribution in [-0.4, -0.2) is 32.4 Å². The largest absolute Gasteiger partial charge is 0.330 e. The topological polar surface area (TPSA) is 75.4 Å². The maximum atomic E-state index is 13.7. The summed E-state index contributed by atoms with van der Waals surface area (Å²) in [4.78, 5) is 0. The maximum Gasteiger partial charge on any atom is 0.301 e. The van der Waals surface area contributed by atoms with Crippen molar-refractivity contribution in [2.45, 2.75) is 12.8 Å². The lowest BCUT2D eigenvalue weighted by Gasteiger charge is -2.31. The Morgan fingerprint density at radius 1 is 1.50 bits per heavy atom. The highest BCUT2D eigenvalue weighted by molar-refractivity contribution is 9.10. The summed E-state index contributed by atoms with van der Waals surface area (Å²) in [5.74, 6) is -0.453. The van der Waals surface area contributed by atoms with Crippen molar-refractivity contribution < 1.29 is 12.8 Å². The molecule has 1 heterocycles. The van der Waals surface area contributed by atoms with Crippen LogP contribution < -0.4 is 10.5 Å². The zero-order valence-corrected chi connectivity index (χ0v) is 13.3. The van der Waals surface area contributed by atoms with E-state index in [0.29, 0.717) is 24.1 Å². The smallest absolute Gasteiger partial charge is 0.301 e. The predicted octanol–water partition coefficient (Wildman–Crippen LogP) is 1.92. The molecule has 2 rings (SSSR count). The van der Waals surface area contributed by atoms with Crippen LogP contribution in [0.4, 0.5) is 10.1 Å². The van der Waals surface area contributed by atoms with Crippen molar-refractivity contribution in [3.63, 3.8) is 0 Å². The second-order valence-electron chi connectivity index (χ2n) is 4.83. The van der Waals surface area contributed by atoms with Gasteiger partial charge in [0.2, 0.25) is 0 Å². The summed E-state index contributed by atoms with van der Waals surface area (Å²) in [6.07, 6.45) is 1.70. The van der Waals surface area contributed by atoms with E-state index in [1.54, 1.807) is 6.07 Å². The summed E-state index contributed by atoms with van der Waals surface area (Å²) in [6, 6.07) is 4.19. The molecule has 1 unspecified atom stereocenters. The molecule has 8 heteroatoms. The summed E-state index contributed by atoms with van der Waals surface area (Å²) in [5.41, 5.74) is 5.54. The molecule has 0 spiro atoms. The number of hydrogen-bond donors (Lipinski definition) is 2. The Labute approximate surface area is 126 Å². The van der Waals surface area contributed by atoms with E-state index in [9.17, 15) is 12.8 Å². The minimum absolute atomic E-state index is 0.0527. The van der Waals surface area contributed by atoms with Gasteiger partial charge >= 0.3 is 10.2 Å². The minimum atomic E-state index is -3.74. The Bertz CT molecular complexity index is 582. The van der Waals surface area contributed by atoms with Gasteiger partial charge in [0.25, 0.3) is 0 Å². The van der Waals surface area contributed by atoms with E-state index in [1.165, 1.54) is 16.4 Å². The molecule has 0 bridgehead atoms. The molecule has 1 aromatic rings. The first-order valence-corrected chi connectivity index (χ1v) is 8.58. The van der Waals surface area contributed by atoms with Crippen molar-refractivity contribution in [3.8, 4) is 0 Å². The lowest BCUT2D eigenvalue weighted by molar-refractivity contribution is 0.273. The number of benzene rings is 1. The summed E-state index contributed by atoms with van der Waals surface area (Å²) in [7, 11) is -3.74. The third-order valence-corrected chi connectivity index (χ3v) is 5.31. The summed E-state index contributed by atoms with van der Waals surface area (Å²) >= 11 is 3.13. The third kappa shape index (κ3) is 3.69. The molecular weight excluding hydrogens is 349 g/mol. The highest BCUT2D eigenvalue weighted by Crippen LogP contribution is 2.23. The van der Waals surface area contributed by atoms with E-state index in [1.807, 2.05) is 0 Å². The van der Waals surface area contributed by atoms with Crippen LogP contribution in [0.1, 0.15) is 12.8 Å². The van der Waals surface area contributed by atoms with Gasteiger partial charge in [-0.3, -0.25) is 4.72 Å². The third-order valence-electron chi connectivity index (χ3n) is 3.33. The number of rotatable bonds is 4. The second-order valence-corrected chi connectivity index (χ2v) is 7.42. The fourth-order valence-electron chi connectivity index (χ4n) is 2.21. The number of hydrogen-bond acceptors (Lipinski definition) is 3. The number of nitrogens with one attached hydrogen (secondary N) is 1. The molecular formula is C12H17BrFN3O2S. The van der Waals surface area contributed by atoms with Crippen LogP contribution >= 0.6 is 15.9 Å². The van der Waals surface area contributed by atoms with E-state index in [4.69, 9.17) is 5.73 Å². The molecule has 1 aliphatic heterocycles. The van der Waals surface area contributed by atoms with Crippen LogP contribution in [0.15, 0.2) is 22.7 Å². The quantitative estimate of drug-likeness (QED) is 0.855. The number of piperidine rings is 1. The zero-order valence-electron chi connectivity index (χ0n) is 10.9. The van der Waals surface area contributed by atoms with Gasteiger partial charge in [-0.1, -0.05) is 15.9 Å². The molecule has 1 saturated heterocycles. The number of nitrogens with zero attached hydrogens (tertiary/aromatic N) is 1. The molecule has 112 valence electrons. The van der Waals surface area contributed by atoms with E-state index in [0.717, 1.165) is 12.8 Å². The summed E-state index contributed by atoms with van der Waals surface area (Å²) in [6.45, 7) is 1.27. The lowest BCUT2D eigenvalue weighted by atomic mass is 10.0. The van der Waals surface area contributed by atoms with E-state index < -0.39 is 16.0 Å². The van der Waals surface area contributed by atoms with Crippen molar-refractivity contribution in [2.24, 2.45) is 11.7 Å². The van der Waals surface area contributed by atoms with Crippen LogP contribution in [0.3, 0.4) is 0 Å². The first kappa shape index (κ1) is 15.7. The lowest BCUT2D eigenvalue weighted by Crippen LogP contribution is -2.44. The molecule has 1 atom stereocenters. The van der Waals surface area contributed by atoms with Crippen LogP contribution in [0.2, 0.25) is 0 Å². The van der Waals surface area contributed by atoms with Crippen LogP contribution in [0.25, 0.3) is 0 Å². The molecule has 20 heavy (non-hydrogen) atoms. The minimum Gasteiger partial charge on any atom is -0.330 e. The normalized spacial score (nSPS) is 20.9. The fourth-order valence-corrected chi connectivity index (χ4v) is 3.90. The monoisotopic (exact) mass is 365 g/mol. The molecule has 1 fully saturated rings. The van der Waals surface area contributed by atoms with E-state index in [2.05, 4.69) is 20.7 Å². The zero-order chi connectivity index (χ0) is 14.8. The fraction of sp³-hybridized carbons (Fsp3) is 0.500. The number of anilines is 1. The molecule has 3 N–H and O–H groups in total. The Morgan fingerprint density at radius 3 is 2.90 bits per heavy atom. The summed E-state index contributed by atoms with van der Waals surface area (Å²) in [5, 5.41) is 0. The Kier molecular flexibility index (Phi) is 5.00. The van der Waals surface area contributed by atoms with Gasteiger partial charge in [0.05, 0.1) is 5.69 Å². The maximum absolute atomic E-state index is 13.7. The van der Waals surface area contributed by atoms with Crippen LogP contribution in [0, 0.1) is 11.7 Å². The van der Waals surface area contributed by atoms with Crippen molar-refractivity contribution in [1.82, 2.24) is 4.31 Å². The van der Waals surface area contributed by atoms with Crippen molar-refractivity contribution in [1.29, 1.82) is 0 Å². The van der Waals surface area contributed by atoms with Gasteiger partial charge in [-0.05, 0) is 43.5 Å². The highest BCUT2D eigenvalue weighted by atomic mass is 79.9. The second kappa shape index (κ2) is 6.38. The van der Waals surface area contributed by atoms with Crippen molar-refractivity contribution >= 4 is 31.8 Å². The first-order valence-electron chi connectivity index (χ1n) is 6.35. The molecule has 0 radical (unpaired) electrons. The van der Waals surface area contributed by atoms with Crippen molar-refractivity contribution in [2.75, 3.05) is 24.4 Å². The SMILES string of the molecule is NCC1CCCN(S(=O)(=O)Nc2ccc(Br)cc2F)C1. The first-order chi connectivity index (χ1) is 9.42. The molecule has 0 amide bonds. The highest BCUT2D eigenvalue weighted by Gasteiger charge is 2.28. The van der Waals surface area contributed by atoms with Crippen molar-refractivity contribution in [3.05, 3.63) is 28.5 Å². The molecule has 1 aromatic carbocycles. The van der Waals surface area contributed by atoms with E-state index >= 15 is 0 Å². The molecule has 0 aliphatic carbocycles.